The molecule has 1 unspecified atom stereocenters. The molecule has 0 aliphatic heterocycles. The lowest BCUT2D eigenvalue weighted by atomic mass is 9.87. The van der Waals surface area contributed by atoms with E-state index in [-0.39, 0.29) is 11.9 Å². The molecule has 0 spiro atoms. The summed E-state index contributed by atoms with van der Waals surface area (Å²) in [5.74, 6) is 0.850. The minimum Gasteiger partial charge on any atom is -0.497 e. The average Bonchev–Trinajstić information content (AvgIpc) is 2.55. The molecule has 1 N–H and O–H groups in total. The highest BCUT2D eigenvalue weighted by atomic mass is 16.5. The Morgan fingerprint density at radius 2 is 2.09 bits per heavy atom. The number of rotatable bonds is 4. The molecule has 3 nitrogen and oxygen atoms in total. The highest BCUT2D eigenvalue weighted by Crippen LogP contribution is 2.29. The second kappa shape index (κ2) is 6.65. The zero-order valence-corrected chi connectivity index (χ0v) is 12.8. The maximum atomic E-state index is 12.3. The highest BCUT2D eigenvalue weighted by Gasteiger charge is 2.21. The van der Waals surface area contributed by atoms with Gasteiger partial charge in [0.05, 0.1) is 19.6 Å². The number of fused-ring (bicyclic) bond motifs is 1. The van der Waals surface area contributed by atoms with Gasteiger partial charge >= 0.3 is 0 Å². The molecule has 1 atom stereocenters. The third kappa shape index (κ3) is 3.30. The normalized spacial score (nSPS) is 16.7. The van der Waals surface area contributed by atoms with E-state index in [2.05, 4.69) is 23.5 Å². The topological polar surface area (TPSA) is 38.3 Å². The molecule has 22 heavy (non-hydrogen) atoms. The van der Waals surface area contributed by atoms with Gasteiger partial charge in [0.25, 0.3) is 0 Å². The Bertz CT molecular complexity index is 666. The second-order valence-electron chi connectivity index (χ2n) is 5.74. The van der Waals surface area contributed by atoms with Crippen LogP contribution < -0.4 is 10.1 Å². The van der Waals surface area contributed by atoms with Crippen LogP contribution in [0.5, 0.6) is 5.75 Å². The summed E-state index contributed by atoms with van der Waals surface area (Å²) in [4.78, 5) is 12.3. The summed E-state index contributed by atoms with van der Waals surface area (Å²) >= 11 is 0. The highest BCUT2D eigenvalue weighted by molar-refractivity contribution is 5.79. The molecule has 0 bridgehead atoms. The van der Waals surface area contributed by atoms with Gasteiger partial charge in [-0.15, -0.1) is 0 Å². The van der Waals surface area contributed by atoms with E-state index in [0.717, 1.165) is 30.6 Å². The van der Waals surface area contributed by atoms with E-state index in [0.29, 0.717) is 6.42 Å². The standard InChI is InChI=1S/C19H21NO2/c1-22-16-9-4-6-14(12-16)13-19(21)20-18-11-5-8-15-7-2-3-10-17(15)18/h2-4,6-7,9-10,12,18H,5,8,11,13H2,1H3,(H,20,21). The maximum absolute atomic E-state index is 12.3. The van der Waals surface area contributed by atoms with E-state index in [1.54, 1.807) is 7.11 Å². The summed E-state index contributed by atoms with van der Waals surface area (Å²) in [5.41, 5.74) is 3.61. The summed E-state index contributed by atoms with van der Waals surface area (Å²) in [6, 6.07) is 16.2. The summed E-state index contributed by atoms with van der Waals surface area (Å²) in [5, 5.41) is 3.18. The predicted octanol–water partition coefficient (Wildman–Crippen LogP) is 3.43. The number of carbonyl (C=O) groups is 1. The van der Waals surface area contributed by atoms with E-state index in [4.69, 9.17) is 4.74 Å². The number of ether oxygens (including phenoxy) is 1. The third-order valence-electron chi connectivity index (χ3n) is 4.20. The van der Waals surface area contributed by atoms with Gasteiger partial charge in [-0.25, -0.2) is 0 Å². The number of nitrogens with one attached hydrogen (secondary N) is 1. The van der Waals surface area contributed by atoms with Crippen molar-refractivity contribution in [1.29, 1.82) is 0 Å². The molecule has 1 aliphatic rings. The Morgan fingerprint density at radius 1 is 1.23 bits per heavy atom. The number of amides is 1. The fourth-order valence-electron chi connectivity index (χ4n) is 3.12. The van der Waals surface area contributed by atoms with Crippen LogP contribution in [0, 0.1) is 0 Å². The van der Waals surface area contributed by atoms with Crippen molar-refractivity contribution in [3.05, 3.63) is 65.2 Å². The van der Waals surface area contributed by atoms with Gasteiger partial charge in [0.2, 0.25) is 5.91 Å². The lowest BCUT2D eigenvalue weighted by molar-refractivity contribution is -0.121. The van der Waals surface area contributed by atoms with Crippen LogP contribution in [0.2, 0.25) is 0 Å². The number of hydrogen-bond donors (Lipinski definition) is 1. The first-order valence-electron chi connectivity index (χ1n) is 7.76. The van der Waals surface area contributed by atoms with Crippen molar-refractivity contribution in [2.24, 2.45) is 0 Å². The van der Waals surface area contributed by atoms with E-state index >= 15 is 0 Å². The molecular weight excluding hydrogens is 274 g/mol. The molecule has 2 aromatic carbocycles. The SMILES string of the molecule is COc1cccc(CC(=O)NC2CCCc3ccccc32)c1. The van der Waals surface area contributed by atoms with Crippen molar-refractivity contribution < 1.29 is 9.53 Å². The molecule has 0 aromatic heterocycles. The molecule has 0 saturated heterocycles. The van der Waals surface area contributed by atoms with Crippen LogP contribution in [-0.4, -0.2) is 13.0 Å². The average molecular weight is 295 g/mol. The summed E-state index contributed by atoms with van der Waals surface area (Å²) in [7, 11) is 1.64. The van der Waals surface area contributed by atoms with E-state index in [9.17, 15) is 4.79 Å². The van der Waals surface area contributed by atoms with Gasteiger partial charge in [-0.1, -0.05) is 36.4 Å². The van der Waals surface area contributed by atoms with Gasteiger partial charge in [0.1, 0.15) is 5.75 Å². The van der Waals surface area contributed by atoms with E-state index < -0.39 is 0 Å². The first-order valence-corrected chi connectivity index (χ1v) is 7.76. The molecule has 0 radical (unpaired) electrons. The summed E-state index contributed by atoms with van der Waals surface area (Å²) in [6.45, 7) is 0. The fraction of sp³-hybridized carbons (Fsp3) is 0.316. The van der Waals surface area contributed by atoms with Crippen molar-refractivity contribution in [3.8, 4) is 5.75 Å². The van der Waals surface area contributed by atoms with Crippen molar-refractivity contribution in [2.45, 2.75) is 31.7 Å². The predicted molar refractivity (Wildman–Crippen MR) is 87.0 cm³/mol. The van der Waals surface area contributed by atoms with Crippen LogP contribution in [-0.2, 0) is 17.6 Å². The van der Waals surface area contributed by atoms with Crippen molar-refractivity contribution in [2.75, 3.05) is 7.11 Å². The van der Waals surface area contributed by atoms with Gasteiger partial charge in [0.15, 0.2) is 0 Å². The van der Waals surface area contributed by atoms with E-state index in [1.807, 2.05) is 30.3 Å². The lowest BCUT2D eigenvalue weighted by Gasteiger charge is -2.26. The zero-order valence-electron chi connectivity index (χ0n) is 12.8. The van der Waals surface area contributed by atoms with Gasteiger partial charge in [-0.3, -0.25) is 4.79 Å². The number of carbonyl (C=O) groups excluding carboxylic acids is 1. The first-order chi connectivity index (χ1) is 10.8. The molecule has 2 aromatic rings. The lowest BCUT2D eigenvalue weighted by Crippen LogP contribution is -2.32. The van der Waals surface area contributed by atoms with Gasteiger partial charge in [0, 0.05) is 0 Å². The van der Waals surface area contributed by atoms with Crippen LogP contribution in [0.3, 0.4) is 0 Å². The van der Waals surface area contributed by atoms with Crippen LogP contribution in [0.4, 0.5) is 0 Å². The van der Waals surface area contributed by atoms with Crippen molar-refractivity contribution >= 4 is 5.91 Å². The van der Waals surface area contributed by atoms with Crippen molar-refractivity contribution in [3.63, 3.8) is 0 Å². The Morgan fingerprint density at radius 3 is 2.95 bits per heavy atom. The number of methoxy groups -OCH3 is 1. The molecule has 0 fully saturated rings. The van der Waals surface area contributed by atoms with Crippen molar-refractivity contribution in [1.82, 2.24) is 5.32 Å². The Balaban J connectivity index is 1.67. The molecule has 3 heteroatoms. The minimum atomic E-state index is 0.0648. The first kappa shape index (κ1) is 14.6. The van der Waals surface area contributed by atoms with Crippen LogP contribution in [0.1, 0.15) is 35.6 Å². The van der Waals surface area contributed by atoms with Crippen LogP contribution >= 0.6 is 0 Å². The van der Waals surface area contributed by atoms with Gasteiger partial charge in [-0.2, -0.15) is 0 Å². The minimum absolute atomic E-state index is 0.0648. The monoisotopic (exact) mass is 295 g/mol. The van der Waals surface area contributed by atoms with E-state index in [1.165, 1.54) is 11.1 Å². The third-order valence-corrected chi connectivity index (χ3v) is 4.20. The maximum Gasteiger partial charge on any atom is 0.224 e. The molecule has 1 aliphatic carbocycles. The summed E-state index contributed by atoms with van der Waals surface area (Å²) < 4.78 is 5.20. The van der Waals surface area contributed by atoms with Gasteiger partial charge in [-0.05, 0) is 48.1 Å². The Hall–Kier alpha value is -2.29. The van der Waals surface area contributed by atoms with Crippen LogP contribution in [0.15, 0.2) is 48.5 Å². The number of benzene rings is 2. The number of hydrogen-bond acceptors (Lipinski definition) is 2. The van der Waals surface area contributed by atoms with Crippen LogP contribution in [0.25, 0.3) is 0 Å². The molecule has 0 heterocycles. The van der Waals surface area contributed by atoms with Gasteiger partial charge < -0.3 is 10.1 Å². The fourth-order valence-corrected chi connectivity index (χ4v) is 3.12. The molecular formula is C19H21NO2. The Kier molecular flexibility index (Phi) is 4.42. The second-order valence-corrected chi connectivity index (χ2v) is 5.74. The zero-order chi connectivity index (χ0) is 15.4. The largest absolute Gasteiger partial charge is 0.497 e. The molecule has 1 amide bonds. The number of aryl methyl sites for hydroxylation is 1. The molecule has 0 saturated carbocycles. The Labute approximate surface area is 131 Å². The molecule has 3 rings (SSSR count). The summed E-state index contributed by atoms with van der Waals surface area (Å²) in [6.07, 6.45) is 3.64. The molecule has 114 valence electrons. The smallest absolute Gasteiger partial charge is 0.224 e. The quantitative estimate of drug-likeness (QED) is 0.938.